The number of ether oxygens (including phenoxy) is 1. The summed E-state index contributed by atoms with van der Waals surface area (Å²) in [4.78, 5) is 0. The molecule has 0 amide bonds. The fraction of sp³-hybridized carbons (Fsp3) is 0.538. The Morgan fingerprint density at radius 1 is 1.19 bits per heavy atom. The zero-order chi connectivity index (χ0) is 14.0. The molecule has 0 aliphatic carbocycles. The van der Waals surface area contributed by atoms with Gasteiger partial charge in [0.15, 0.2) is 0 Å². The van der Waals surface area contributed by atoms with E-state index in [4.69, 9.17) is 4.74 Å². The van der Waals surface area contributed by atoms with Gasteiger partial charge < -0.3 is 10.1 Å². The van der Waals surface area contributed by atoms with Gasteiger partial charge in [-0.05, 0) is 16.7 Å². The smallest absolute Gasteiger partial charge is 0.279 e. The molecule has 6 nitrogen and oxygen atoms in total. The van der Waals surface area contributed by atoms with E-state index in [1.165, 1.54) is 15.4 Å². The highest BCUT2D eigenvalue weighted by Crippen LogP contribution is 2.17. The van der Waals surface area contributed by atoms with Crippen LogP contribution in [0, 0.1) is 0 Å². The number of hydrogen-bond donors (Lipinski definition) is 2. The Bertz CT molecular complexity index is 588. The van der Waals surface area contributed by atoms with Crippen LogP contribution in [-0.2, 0) is 34.6 Å². The van der Waals surface area contributed by atoms with Crippen molar-refractivity contribution in [2.75, 3.05) is 26.3 Å². The fourth-order valence-electron chi connectivity index (χ4n) is 2.51. The SMILES string of the molecule is Cl.O=S(=O)(NCc1ccc2c(c1)CNC2)N1CCOCC1. The standard InChI is InChI=1S/C13H19N3O3S.ClH/c17-20(18,16-3-5-19-6-4-16)15-8-11-1-2-12-9-14-10-13(12)7-11;/h1-2,7,14-15H,3-6,8-10H2;1H. The van der Waals surface area contributed by atoms with Crippen molar-refractivity contribution in [3.8, 4) is 0 Å². The minimum absolute atomic E-state index is 0. The van der Waals surface area contributed by atoms with Gasteiger partial charge in [-0.15, -0.1) is 12.4 Å². The van der Waals surface area contributed by atoms with Crippen LogP contribution >= 0.6 is 12.4 Å². The molecular formula is C13H20ClN3O3S. The number of benzene rings is 1. The summed E-state index contributed by atoms with van der Waals surface area (Å²) in [6.07, 6.45) is 0. The molecule has 0 unspecified atom stereocenters. The van der Waals surface area contributed by atoms with Crippen LogP contribution in [-0.4, -0.2) is 39.0 Å². The van der Waals surface area contributed by atoms with Gasteiger partial charge in [0.1, 0.15) is 0 Å². The lowest BCUT2D eigenvalue weighted by atomic mass is 10.1. The minimum atomic E-state index is -3.41. The van der Waals surface area contributed by atoms with Crippen LogP contribution in [0.15, 0.2) is 18.2 Å². The Morgan fingerprint density at radius 3 is 2.67 bits per heavy atom. The zero-order valence-corrected chi connectivity index (χ0v) is 13.3. The van der Waals surface area contributed by atoms with E-state index < -0.39 is 10.2 Å². The van der Waals surface area contributed by atoms with Crippen LogP contribution in [0.2, 0.25) is 0 Å². The predicted octanol–water partition coefficient (Wildman–Crippen LogP) is 0.378. The Hall–Kier alpha value is -0.700. The predicted molar refractivity (Wildman–Crippen MR) is 82.4 cm³/mol. The zero-order valence-electron chi connectivity index (χ0n) is 11.7. The van der Waals surface area contributed by atoms with Crippen LogP contribution in [0.1, 0.15) is 16.7 Å². The fourth-order valence-corrected chi connectivity index (χ4v) is 3.67. The number of rotatable bonds is 4. The van der Waals surface area contributed by atoms with Gasteiger partial charge in [-0.25, -0.2) is 0 Å². The topological polar surface area (TPSA) is 70.7 Å². The van der Waals surface area contributed by atoms with Crippen molar-refractivity contribution in [3.05, 3.63) is 34.9 Å². The molecule has 0 radical (unpaired) electrons. The van der Waals surface area contributed by atoms with Gasteiger partial charge in [0.2, 0.25) is 0 Å². The van der Waals surface area contributed by atoms with Crippen LogP contribution in [0.5, 0.6) is 0 Å². The van der Waals surface area contributed by atoms with Crippen LogP contribution in [0.3, 0.4) is 0 Å². The summed E-state index contributed by atoms with van der Waals surface area (Å²) in [5, 5.41) is 3.28. The van der Waals surface area contributed by atoms with Crippen molar-refractivity contribution >= 4 is 22.6 Å². The summed E-state index contributed by atoms with van der Waals surface area (Å²) in [5.41, 5.74) is 3.54. The second kappa shape index (κ2) is 7.04. The summed E-state index contributed by atoms with van der Waals surface area (Å²) in [5.74, 6) is 0. The molecule has 0 bridgehead atoms. The summed E-state index contributed by atoms with van der Waals surface area (Å²) in [7, 11) is -3.41. The monoisotopic (exact) mass is 333 g/mol. The Balaban J connectivity index is 0.00000161. The first kappa shape index (κ1) is 16.7. The first-order valence-electron chi connectivity index (χ1n) is 6.79. The molecule has 1 fully saturated rings. The maximum absolute atomic E-state index is 12.1. The highest BCUT2D eigenvalue weighted by molar-refractivity contribution is 7.87. The van der Waals surface area contributed by atoms with Gasteiger partial charge in [-0.3, -0.25) is 0 Å². The van der Waals surface area contributed by atoms with E-state index in [1.54, 1.807) is 0 Å². The lowest BCUT2D eigenvalue weighted by molar-refractivity contribution is 0.0725. The maximum atomic E-state index is 12.1. The van der Waals surface area contributed by atoms with Gasteiger partial charge in [0.05, 0.1) is 13.2 Å². The van der Waals surface area contributed by atoms with Crippen LogP contribution in [0.4, 0.5) is 0 Å². The average molecular weight is 334 g/mol. The molecule has 2 aliphatic heterocycles. The molecule has 118 valence electrons. The minimum Gasteiger partial charge on any atom is -0.379 e. The summed E-state index contributed by atoms with van der Waals surface area (Å²) < 4.78 is 33.5. The highest BCUT2D eigenvalue weighted by atomic mass is 35.5. The number of nitrogens with one attached hydrogen (secondary N) is 2. The van der Waals surface area contributed by atoms with Crippen molar-refractivity contribution in [1.82, 2.24) is 14.3 Å². The summed E-state index contributed by atoms with van der Waals surface area (Å²) >= 11 is 0. The molecule has 2 aliphatic rings. The normalized spacial score (nSPS) is 19.0. The maximum Gasteiger partial charge on any atom is 0.279 e. The largest absolute Gasteiger partial charge is 0.379 e. The van der Waals surface area contributed by atoms with E-state index in [0.717, 1.165) is 18.7 Å². The van der Waals surface area contributed by atoms with Crippen molar-refractivity contribution in [1.29, 1.82) is 0 Å². The van der Waals surface area contributed by atoms with Crippen molar-refractivity contribution in [2.45, 2.75) is 19.6 Å². The van der Waals surface area contributed by atoms with Gasteiger partial charge in [0.25, 0.3) is 10.2 Å². The van der Waals surface area contributed by atoms with E-state index in [-0.39, 0.29) is 12.4 Å². The number of nitrogens with zero attached hydrogens (tertiary/aromatic N) is 1. The average Bonchev–Trinajstić information content (AvgIpc) is 2.94. The molecule has 8 heteroatoms. The second-order valence-corrected chi connectivity index (χ2v) is 6.80. The highest BCUT2D eigenvalue weighted by Gasteiger charge is 2.23. The van der Waals surface area contributed by atoms with E-state index in [2.05, 4.69) is 22.2 Å². The van der Waals surface area contributed by atoms with Crippen molar-refractivity contribution in [2.24, 2.45) is 0 Å². The Morgan fingerprint density at radius 2 is 1.90 bits per heavy atom. The number of fused-ring (bicyclic) bond motifs is 1. The molecule has 0 saturated carbocycles. The molecule has 21 heavy (non-hydrogen) atoms. The lowest BCUT2D eigenvalue weighted by Gasteiger charge is -2.26. The first-order chi connectivity index (χ1) is 9.65. The molecule has 0 atom stereocenters. The third-order valence-corrected chi connectivity index (χ3v) is 5.22. The lowest BCUT2D eigenvalue weighted by Crippen LogP contribution is -2.46. The van der Waals surface area contributed by atoms with Crippen molar-refractivity contribution < 1.29 is 13.2 Å². The molecule has 2 heterocycles. The molecule has 0 aromatic heterocycles. The Kier molecular flexibility index (Phi) is 5.59. The molecule has 1 aromatic carbocycles. The number of halogens is 1. The van der Waals surface area contributed by atoms with Crippen LogP contribution in [0.25, 0.3) is 0 Å². The third-order valence-electron chi connectivity index (χ3n) is 3.67. The first-order valence-corrected chi connectivity index (χ1v) is 8.23. The van der Waals surface area contributed by atoms with Crippen molar-refractivity contribution in [3.63, 3.8) is 0 Å². The van der Waals surface area contributed by atoms with Gasteiger partial charge >= 0.3 is 0 Å². The van der Waals surface area contributed by atoms with E-state index >= 15 is 0 Å². The second-order valence-electron chi connectivity index (χ2n) is 5.04. The van der Waals surface area contributed by atoms with Gasteiger partial charge in [-0.1, -0.05) is 18.2 Å². The van der Waals surface area contributed by atoms with E-state index in [0.29, 0.717) is 32.8 Å². The molecular weight excluding hydrogens is 314 g/mol. The van der Waals surface area contributed by atoms with Gasteiger partial charge in [0, 0.05) is 32.7 Å². The number of morpholine rings is 1. The Labute approximate surface area is 131 Å². The summed E-state index contributed by atoms with van der Waals surface area (Å²) in [6, 6.07) is 6.11. The number of hydrogen-bond acceptors (Lipinski definition) is 4. The molecule has 2 N–H and O–H groups in total. The summed E-state index contributed by atoms with van der Waals surface area (Å²) in [6.45, 7) is 3.85. The van der Waals surface area contributed by atoms with Gasteiger partial charge in [-0.2, -0.15) is 17.4 Å². The van der Waals surface area contributed by atoms with Crippen LogP contribution < -0.4 is 10.0 Å². The molecule has 3 rings (SSSR count). The quantitative estimate of drug-likeness (QED) is 0.835. The molecule has 0 spiro atoms. The third kappa shape index (κ3) is 3.94. The van der Waals surface area contributed by atoms with E-state index in [9.17, 15) is 8.42 Å². The van der Waals surface area contributed by atoms with E-state index in [1.807, 2.05) is 6.07 Å². The molecule has 1 saturated heterocycles. The molecule has 1 aromatic rings.